The molecule has 0 aromatic heterocycles. The molecule has 3 aliphatic heterocycles. The molecule has 5 rings (SSSR count). The second-order valence-corrected chi connectivity index (χ2v) is 12.2. The number of ether oxygens (including phenoxy) is 1. The molecule has 0 bridgehead atoms. The van der Waals surface area contributed by atoms with E-state index >= 15 is 0 Å². The predicted molar refractivity (Wildman–Crippen MR) is 142 cm³/mol. The van der Waals surface area contributed by atoms with Gasteiger partial charge in [0.15, 0.2) is 5.78 Å². The van der Waals surface area contributed by atoms with E-state index in [4.69, 9.17) is 16.0 Å². The zero-order chi connectivity index (χ0) is 27.2. The summed E-state index contributed by atoms with van der Waals surface area (Å²) < 4.78 is 5.62. The summed E-state index contributed by atoms with van der Waals surface area (Å²) in [5.74, 6) is -1.78. The fourth-order valence-electron chi connectivity index (χ4n) is 6.21. The van der Waals surface area contributed by atoms with Crippen LogP contribution in [0.4, 0.5) is 5.69 Å². The largest absolute Gasteiger partial charge is 0.369 e. The number of hydrogen-bond donors (Lipinski definition) is 1. The van der Waals surface area contributed by atoms with Crippen LogP contribution in [0.25, 0.3) is 10.4 Å². The molecule has 204 valence electrons. The Bertz CT molecular complexity index is 1160. The topological polar surface area (TPSA) is 145 Å². The summed E-state index contributed by atoms with van der Waals surface area (Å²) in [6, 6.07) is 4.86. The zero-order valence-electron chi connectivity index (χ0n) is 22.4. The highest BCUT2D eigenvalue weighted by Gasteiger charge is 2.53. The highest BCUT2D eigenvalue weighted by molar-refractivity contribution is 5.99. The first kappa shape index (κ1) is 26.5. The first-order chi connectivity index (χ1) is 18.1. The number of benzene rings is 1. The Hall–Kier alpha value is -3.14. The van der Waals surface area contributed by atoms with Gasteiger partial charge in [0.05, 0.1) is 18.1 Å². The molecule has 1 aromatic carbocycles. The number of primary amides is 1. The minimum Gasteiger partial charge on any atom is -0.369 e. The number of hydrogen-bond acceptors (Lipinski definition) is 7. The van der Waals surface area contributed by atoms with Gasteiger partial charge in [-0.3, -0.25) is 19.3 Å². The molecule has 4 atom stereocenters. The van der Waals surface area contributed by atoms with Gasteiger partial charge in [-0.1, -0.05) is 25.9 Å². The number of fused-ring (bicyclic) bond motifs is 1. The molecule has 0 radical (unpaired) electrons. The molecule has 4 fully saturated rings. The van der Waals surface area contributed by atoms with Crippen molar-refractivity contribution in [1.82, 2.24) is 9.80 Å². The number of nitrogens with zero attached hydrogens (tertiary/aromatic N) is 6. The van der Waals surface area contributed by atoms with Crippen molar-refractivity contribution >= 4 is 23.3 Å². The highest BCUT2D eigenvalue weighted by atomic mass is 16.5. The third kappa shape index (κ3) is 5.23. The number of Topliss-reactive ketones (excluding diaryl/α,β-unsaturated/α-hetero) is 1. The maximum atomic E-state index is 14.3. The first-order valence-corrected chi connectivity index (χ1v) is 13.5. The Labute approximate surface area is 222 Å². The molecule has 2 N–H and O–H groups in total. The molecule has 3 saturated heterocycles. The minimum atomic E-state index is -0.795. The van der Waals surface area contributed by atoms with Crippen LogP contribution in [-0.4, -0.2) is 91.0 Å². The average molecular weight is 524 g/mol. The van der Waals surface area contributed by atoms with E-state index in [2.05, 4.69) is 19.8 Å². The summed E-state index contributed by atoms with van der Waals surface area (Å²) in [6.45, 7) is 9.82. The van der Waals surface area contributed by atoms with Gasteiger partial charge in [-0.2, -0.15) is 0 Å². The summed E-state index contributed by atoms with van der Waals surface area (Å²) in [5.41, 5.74) is 16.4. The number of piperazine rings is 1. The van der Waals surface area contributed by atoms with Gasteiger partial charge in [0.25, 0.3) is 0 Å². The van der Waals surface area contributed by atoms with E-state index in [1.165, 1.54) is 17.7 Å². The Morgan fingerprint density at radius 2 is 1.92 bits per heavy atom. The third-order valence-electron chi connectivity index (χ3n) is 8.17. The standard InChI is InChI=1S/C27H37N7O4/c1-27(2,3)13-20(26(37)34-14-21(30-31-29)24-23(34)22(35)15-38-24)19-12-17(6-7-18(19)25(28)36)33-10-8-32(9-11-33)16-4-5-16/h6-7,12,16,20-21,23-24H,4-5,8-11,13-15H2,1-3H3,(H2,28,36)/t20-,21+,23+,24+/m0/s1. The van der Waals surface area contributed by atoms with E-state index in [0.29, 0.717) is 17.5 Å². The van der Waals surface area contributed by atoms with Gasteiger partial charge in [-0.05, 0) is 54.0 Å². The summed E-state index contributed by atoms with van der Waals surface area (Å²) in [7, 11) is 0. The Balaban J connectivity index is 1.49. The molecule has 2 amide bonds. The number of amides is 2. The van der Waals surface area contributed by atoms with Gasteiger partial charge in [-0.25, -0.2) is 0 Å². The van der Waals surface area contributed by atoms with E-state index < -0.39 is 30.0 Å². The monoisotopic (exact) mass is 523 g/mol. The van der Waals surface area contributed by atoms with Crippen molar-refractivity contribution in [1.29, 1.82) is 0 Å². The van der Waals surface area contributed by atoms with E-state index in [1.807, 2.05) is 32.9 Å². The van der Waals surface area contributed by atoms with Crippen LogP contribution in [0.15, 0.2) is 23.3 Å². The average Bonchev–Trinajstić information content (AvgIpc) is 3.57. The van der Waals surface area contributed by atoms with Gasteiger partial charge in [0, 0.05) is 54.9 Å². The van der Waals surface area contributed by atoms with Crippen LogP contribution < -0.4 is 10.6 Å². The maximum Gasteiger partial charge on any atom is 0.249 e. The number of azide groups is 1. The van der Waals surface area contributed by atoms with Gasteiger partial charge >= 0.3 is 0 Å². The number of carbonyl (C=O) groups excluding carboxylic acids is 3. The molecule has 0 spiro atoms. The van der Waals surface area contributed by atoms with Crippen LogP contribution in [0.5, 0.6) is 0 Å². The first-order valence-electron chi connectivity index (χ1n) is 13.5. The lowest BCUT2D eigenvalue weighted by molar-refractivity contribution is -0.138. The van der Waals surface area contributed by atoms with Gasteiger partial charge < -0.3 is 20.3 Å². The second-order valence-electron chi connectivity index (χ2n) is 12.2. The minimum absolute atomic E-state index is 0.0966. The van der Waals surface area contributed by atoms with Crippen molar-refractivity contribution in [3.8, 4) is 0 Å². The molecule has 38 heavy (non-hydrogen) atoms. The molecular weight excluding hydrogens is 486 g/mol. The van der Waals surface area contributed by atoms with Crippen LogP contribution in [0.2, 0.25) is 0 Å². The van der Waals surface area contributed by atoms with Crippen LogP contribution in [0.1, 0.15) is 61.9 Å². The van der Waals surface area contributed by atoms with Crippen molar-refractivity contribution in [2.24, 2.45) is 16.3 Å². The molecule has 3 heterocycles. The van der Waals surface area contributed by atoms with Gasteiger partial charge in [-0.15, -0.1) is 0 Å². The zero-order valence-corrected chi connectivity index (χ0v) is 22.4. The Kier molecular flexibility index (Phi) is 7.11. The van der Waals surface area contributed by atoms with Crippen molar-refractivity contribution in [3.63, 3.8) is 0 Å². The van der Waals surface area contributed by atoms with Crippen LogP contribution in [0.3, 0.4) is 0 Å². The number of nitrogens with two attached hydrogens (primary N) is 1. The smallest absolute Gasteiger partial charge is 0.249 e. The van der Waals surface area contributed by atoms with Gasteiger partial charge in [0.1, 0.15) is 12.6 Å². The fraction of sp³-hybridized carbons (Fsp3) is 0.667. The third-order valence-corrected chi connectivity index (χ3v) is 8.17. The van der Waals surface area contributed by atoms with Gasteiger partial charge in [0.2, 0.25) is 11.8 Å². The lowest BCUT2D eigenvalue weighted by atomic mass is 9.79. The number of rotatable bonds is 7. The Morgan fingerprint density at radius 3 is 2.53 bits per heavy atom. The van der Waals surface area contributed by atoms with E-state index in [1.54, 1.807) is 6.07 Å². The lowest BCUT2D eigenvalue weighted by Gasteiger charge is -2.37. The molecule has 4 aliphatic rings. The normalized spacial score (nSPS) is 26.7. The SMILES string of the molecule is CC(C)(C)C[C@H](C(=O)N1C[C@@H](N=[N+]=[N-])[C@H]2OCC(=O)[C@H]21)c1cc(N2CCN(C3CC3)CC2)ccc1C(N)=O. The summed E-state index contributed by atoms with van der Waals surface area (Å²) >= 11 is 0. The van der Waals surface area contributed by atoms with Crippen molar-refractivity contribution in [3.05, 3.63) is 39.8 Å². The molecule has 1 saturated carbocycles. The number of ketones is 1. The van der Waals surface area contributed by atoms with E-state index in [-0.39, 0.29) is 30.3 Å². The molecular formula is C27H37N7O4. The maximum absolute atomic E-state index is 14.3. The summed E-state index contributed by atoms with van der Waals surface area (Å²) in [4.78, 5) is 48.8. The van der Waals surface area contributed by atoms with Crippen LogP contribution in [-0.2, 0) is 14.3 Å². The van der Waals surface area contributed by atoms with Crippen molar-refractivity contribution in [2.45, 2.75) is 70.2 Å². The van der Waals surface area contributed by atoms with E-state index in [9.17, 15) is 14.4 Å². The number of carbonyl (C=O) groups is 3. The molecule has 11 heteroatoms. The second kappa shape index (κ2) is 10.2. The van der Waals surface area contributed by atoms with E-state index in [0.717, 1.165) is 37.9 Å². The quantitative estimate of drug-likeness (QED) is 0.330. The molecule has 1 aliphatic carbocycles. The van der Waals surface area contributed by atoms with Crippen molar-refractivity contribution in [2.75, 3.05) is 44.2 Å². The molecule has 1 aromatic rings. The van der Waals surface area contributed by atoms with Crippen molar-refractivity contribution < 1.29 is 19.1 Å². The molecule has 11 nitrogen and oxygen atoms in total. The number of likely N-dealkylation sites (tertiary alicyclic amines) is 1. The Morgan fingerprint density at radius 1 is 1.21 bits per heavy atom. The summed E-state index contributed by atoms with van der Waals surface area (Å²) in [6.07, 6.45) is 2.35. The highest BCUT2D eigenvalue weighted by Crippen LogP contribution is 2.39. The lowest BCUT2D eigenvalue weighted by Crippen LogP contribution is -2.47. The molecule has 0 unspecified atom stereocenters. The van der Waals surface area contributed by atoms with Crippen LogP contribution >= 0.6 is 0 Å². The van der Waals surface area contributed by atoms with Crippen LogP contribution in [0, 0.1) is 5.41 Å². The predicted octanol–water partition coefficient (Wildman–Crippen LogP) is 2.45. The summed E-state index contributed by atoms with van der Waals surface area (Å²) in [5, 5.41) is 3.81. The fourth-order valence-corrected chi connectivity index (χ4v) is 6.21. The number of anilines is 1.